The molecule has 1 aliphatic rings. The van der Waals surface area contributed by atoms with E-state index in [1.165, 1.54) is 0 Å². The van der Waals surface area contributed by atoms with Crippen molar-refractivity contribution >= 4 is 35.8 Å². The Hall–Kier alpha value is -0.610. The minimum Gasteiger partial charge on any atom is -0.381 e. The van der Waals surface area contributed by atoms with Crippen LogP contribution in [0.15, 0.2) is 4.99 Å². The molecule has 8 heteroatoms. The molecule has 154 valence electrons. The molecule has 0 aromatic rings. The molecule has 2 N–H and O–H groups in total. The Bertz CT molecular complexity index is 387. The molecule has 0 aliphatic carbocycles. The molecular weight excluding hydrogens is 447 g/mol. The summed E-state index contributed by atoms with van der Waals surface area (Å²) in [5, 5.41) is 6.43. The molecule has 0 saturated carbocycles. The second-order valence-electron chi connectivity index (χ2n) is 6.16. The van der Waals surface area contributed by atoms with Gasteiger partial charge in [0.2, 0.25) is 5.91 Å². The van der Waals surface area contributed by atoms with E-state index in [0.29, 0.717) is 25.4 Å². The van der Waals surface area contributed by atoms with Gasteiger partial charge in [0.15, 0.2) is 5.96 Å². The van der Waals surface area contributed by atoms with Gasteiger partial charge in [0.05, 0.1) is 13.2 Å². The summed E-state index contributed by atoms with van der Waals surface area (Å²) in [5.74, 6) is 1.50. The van der Waals surface area contributed by atoms with Crippen LogP contribution in [0.3, 0.4) is 0 Å². The van der Waals surface area contributed by atoms with Crippen molar-refractivity contribution in [2.75, 3.05) is 59.2 Å². The Balaban J connectivity index is 0.00000625. The number of hydrogen-bond donors (Lipinski definition) is 2. The van der Waals surface area contributed by atoms with Crippen LogP contribution in [0, 0.1) is 5.92 Å². The van der Waals surface area contributed by atoms with E-state index in [4.69, 9.17) is 9.47 Å². The zero-order valence-electron chi connectivity index (χ0n) is 16.6. The quantitative estimate of drug-likeness (QED) is 0.192. The molecule has 7 nitrogen and oxygen atoms in total. The standard InChI is InChI=1S/C18H36N4O3.HI/c1-4-19-18(21-11-8-17(23)22(5-2)6-3)20-10-7-12-24-14-16-9-13-25-15-16;/h16H,4-15H2,1-3H3,(H2,19,20,21);1H. The Labute approximate surface area is 175 Å². The van der Waals surface area contributed by atoms with E-state index in [1.54, 1.807) is 0 Å². The highest BCUT2D eigenvalue weighted by atomic mass is 127. The second kappa shape index (κ2) is 16.6. The number of nitrogens with one attached hydrogen (secondary N) is 2. The molecular formula is C18H37IN4O3. The summed E-state index contributed by atoms with van der Waals surface area (Å²) in [4.78, 5) is 18.4. The summed E-state index contributed by atoms with van der Waals surface area (Å²) < 4.78 is 11.0. The van der Waals surface area contributed by atoms with Gasteiger partial charge in [-0.15, -0.1) is 24.0 Å². The van der Waals surface area contributed by atoms with Crippen LogP contribution in [0.1, 0.15) is 40.0 Å². The molecule has 1 saturated heterocycles. The molecule has 1 heterocycles. The number of nitrogens with zero attached hydrogens (tertiary/aromatic N) is 2. The average molecular weight is 484 g/mol. The van der Waals surface area contributed by atoms with Crippen molar-refractivity contribution < 1.29 is 14.3 Å². The number of hydrogen-bond acceptors (Lipinski definition) is 4. The highest BCUT2D eigenvalue weighted by Gasteiger charge is 2.15. The fourth-order valence-corrected chi connectivity index (χ4v) is 2.69. The van der Waals surface area contributed by atoms with Crippen LogP contribution in [0.2, 0.25) is 0 Å². The van der Waals surface area contributed by atoms with Crippen molar-refractivity contribution in [1.29, 1.82) is 0 Å². The van der Waals surface area contributed by atoms with Crippen molar-refractivity contribution in [3.8, 4) is 0 Å². The number of amides is 1. The van der Waals surface area contributed by atoms with E-state index >= 15 is 0 Å². The number of halogens is 1. The number of guanidine groups is 1. The molecule has 0 spiro atoms. The van der Waals surface area contributed by atoms with Crippen molar-refractivity contribution in [2.45, 2.75) is 40.0 Å². The first kappa shape index (κ1) is 25.4. The lowest BCUT2D eigenvalue weighted by atomic mass is 10.1. The number of aliphatic imine (C=N–C) groups is 1. The number of ether oxygens (including phenoxy) is 2. The summed E-state index contributed by atoms with van der Waals surface area (Å²) in [7, 11) is 0. The molecule has 26 heavy (non-hydrogen) atoms. The lowest BCUT2D eigenvalue weighted by Crippen LogP contribution is -2.40. The van der Waals surface area contributed by atoms with Crippen LogP contribution in [0.25, 0.3) is 0 Å². The normalized spacial score (nSPS) is 16.9. The minimum atomic E-state index is 0. The van der Waals surface area contributed by atoms with E-state index in [0.717, 1.165) is 64.9 Å². The fourth-order valence-electron chi connectivity index (χ4n) is 2.69. The van der Waals surface area contributed by atoms with Gasteiger partial charge < -0.3 is 25.0 Å². The second-order valence-corrected chi connectivity index (χ2v) is 6.16. The third-order valence-electron chi connectivity index (χ3n) is 4.19. The highest BCUT2D eigenvalue weighted by Crippen LogP contribution is 2.12. The molecule has 1 rings (SSSR count). The molecule has 1 atom stereocenters. The smallest absolute Gasteiger partial charge is 0.224 e. The Kier molecular flexibility index (Phi) is 16.2. The third kappa shape index (κ3) is 11.2. The topological polar surface area (TPSA) is 75.2 Å². The molecule has 0 aromatic heterocycles. The molecule has 1 aliphatic heterocycles. The van der Waals surface area contributed by atoms with Gasteiger partial charge in [-0.3, -0.25) is 9.79 Å². The first-order chi connectivity index (χ1) is 12.2. The minimum absolute atomic E-state index is 0. The SMILES string of the molecule is CCNC(=NCCCOCC1CCOC1)NCCC(=O)N(CC)CC.I. The summed E-state index contributed by atoms with van der Waals surface area (Å²) in [6.45, 7) is 12.9. The van der Waals surface area contributed by atoms with Crippen molar-refractivity contribution in [3.63, 3.8) is 0 Å². The number of carbonyl (C=O) groups is 1. The zero-order chi connectivity index (χ0) is 18.3. The van der Waals surface area contributed by atoms with Gasteiger partial charge in [0.1, 0.15) is 0 Å². The van der Waals surface area contributed by atoms with Crippen molar-refractivity contribution in [1.82, 2.24) is 15.5 Å². The number of carbonyl (C=O) groups excluding carboxylic acids is 1. The van der Waals surface area contributed by atoms with Crippen LogP contribution < -0.4 is 10.6 Å². The van der Waals surface area contributed by atoms with Crippen molar-refractivity contribution in [3.05, 3.63) is 0 Å². The Morgan fingerprint density at radius 3 is 2.65 bits per heavy atom. The number of rotatable bonds is 12. The van der Waals surface area contributed by atoms with E-state index < -0.39 is 0 Å². The summed E-state index contributed by atoms with van der Waals surface area (Å²) in [6.07, 6.45) is 2.49. The molecule has 1 fully saturated rings. The lowest BCUT2D eigenvalue weighted by molar-refractivity contribution is -0.130. The Morgan fingerprint density at radius 2 is 2.04 bits per heavy atom. The molecule has 0 aromatic carbocycles. The monoisotopic (exact) mass is 484 g/mol. The predicted molar refractivity (Wildman–Crippen MR) is 116 cm³/mol. The van der Waals surface area contributed by atoms with E-state index in [2.05, 4.69) is 15.6 Å². The maximum absolute atomic E-state index is 12.0. The van der Waals surface area contributed by atoms with Crippen LogP contribution in [-0.4, -0.2) is 75.9 Å². The summed E-state index contributed by atoms with van der Waals surface area (Å²) in [6, 6.07) is 0. The maximum Gasteiger partial charge on any atom is 0.224 e. The van der Waals surface area contributed by atoms with Crippen LogP contribution in [0.5, 0.6) is 0 Å². The van der Waals surface area contributed by atoms with E-state index in [-0.39, 0.29) is 29.9 Å². The fraction of sp³-hybridized carbons (Fsp3) is 0.889. The van der Waals surface area contributed by atoms with E-state index in [9.17, 15) is 4.79 Å². The first-order valence-corrected chi connectivity index (χ1v) is 9.66. The van der Waals surface area contributed by atoms with Gasteiger partial charge in [-0.2, -0.15) is 0 Å². The van der Waals surface area contributed by atoms with Gasteiger partial charge in [0, 0.05) is 58.3 Å². The van der Waals surface area contributed by atoms with Gasteiger partial charge >= 0.3 is 0 Å². The molecule has 1 unspecified atom stereocenters. The first-order valence-electron chi connectivity index (χ1n) is 9.66. The summed E-state index contributed by atoms with van der Waals surface area (Å²) >= 11 is 0. The zero-order valence-corrected chi connectivity index (χ0v) is 18.9. The van der Waals surface area contributed by atoms with Crippen molar-refractivity contribution in [2.24, 2.45) is 10.9 Å². The Morgan fingerprint density at radius 1 is 1.27 bits per heavy atom. The lowest BCUT2D eigenvalue weighted by Gasteiger charge is -2.19. The largest absolute Gasteiger partial charge is 0.381 e. The van der Waals surface area contributed by atoms with Crippen LogP contribution >= 0.6 is 24.0 Å². The molecule has 0 bridgehead atoms. The van der Waals surface area contributed by atoms with Crippen LogP contribution in [-0.2, 0) is 14.3 Å². The highest BCUT2D eigenvalue weighted by molar-refractivity contribution is 14.0. The summed E-state index contributed by atoms with van der Waals surface area (Å²) in [5.41, 5.74) is 0. The third-order valence-corrected chi connectivity index (χ3v) is 4.19. The average Bonchev–Trinajstić information content (AvgIpc) is 3.12. The molecule has 1 amide bonds. The molecule has 0 radical (unpaired) electrons. The van der Waals surface area contributed by atoms with Gasteiger partial charge in [-0.1, -0.05) is 0 Å². The maximum atomic E-state index is 12.0. The van der Waals surface area contributed by atoms with Gasteiger partial charge in [0.25, 0.3) is 0 Å². The van der Waals surface area contributed by atoms with Gasteiger partial charge in [-0.25, -0.2) is 0 Å². The van der Waals surface area contributed by atoms with E-state index in [1.807, 2.05) is 25.7 Å². The predicted octanol–water partition coefficient (Wildman–Crippen LogP) is 1.86. The van der Waals surface area contributed by atoms with Gasteiger partial charge in [-0.05, 0) is 33.6 Å². The van der Waals surface area contributed by atoms with Crippen LogP contribution in [0.4, 0.5) is 0 Å².